The second-order valence-electron chi connectivity index (χ2n) is 6.91. The van der Waals surface area contributed by atoms with Crippen LogP contribution in [0.1, 0.15) is 17.5 Å². The Balaban J connectivity index is 1.48. The fourth-order valence-electron chi connectivity index (χ4n) is 3.30. The molecule has 0 aliphatic rings. The normalized spacial score (nSPS) is 12.3. The van der Waals surface area contributed by atoms with Crippen LogP contribution in [0.2, 0.25) is 0 Å². The van der Waals surface area contributed by atoms with E-state index in [9.17, 15) is 9.90 Å². The van der Waals surface area contributed by atoms with Crippen molar-refractivity contribution >= 4 is 11.0 Å². The lowest BCUT2D eigenvalue weighted by Crippen LogP contribution is -2.27. The molecular weight excluding hydrogens is 352 g/mol. The largest absolute Gasteiger partial charge is 0.391 e. The van der Waals surface area contributed by atoms with Gasteiger partial charge in [0.05, 0.1) is 25.4 Å². The number of aromatic nitrogens is 4. The molecule has 142 valence electrons. The summed E-state index contributed by atoms with van der Waals surface area (Å²) in [4.78, 5) is 17.2. The van der Waals surface area contributed by atoms with E-state index in [0.29, 0.717) is 24.0 Å². The van der Waals surface area contributed by atoms with Gasteiger partial charge in [-0.2, -0.15) is 5.10 Å². The summed E-state index contributed by atoms with van der Waals surface area (Å²) in [5, 5.41) is 15.1. The molecule has 0 radical (unpaired) electrons. The molecule has 0 bridgehead atoms. The van der Waals surface area contributed by atoms with E-state index in [1.54, 1.807) is 10.9 Å². The first-order valence-corrected chi connectivity index (χ1v) is 9.37. The molecular formula is C22H22N4O2. The molecule has 0 saturated heterocycles. The summed E-state index contributed by atoms with van der Waals surface area (Å²) in [5.41, 5.74) is 2.64. The lowest BCUT2D eigenvalue weighted by Gasteiger charge is -2.12. The van der Waals surface area contributed by atoms with Gasteiger partial charge in [-0.15, -0.1) is 0 Å². The van der Waals surface area contributed by atoms with Crippen LogP contribution >= 0.6 is 0 Å². The maximum absolute atomic E-state index is 12.8. The Bertz CT molecular complexity index is 1100. The maximum Gasteiger partial charge on any atom is 0.264 e. The van der Waals surface area contributed by atoms with Gasteiger partial charge in [-0.05, 0) is 24.0 Å². The molecule has 1 unspecified atom stereocenters. The molecule has 2 aromatic carbocycles. The fraction of sp³-hybridized carbons (Fsp3) is 0.227. The monoisotopic (exact) mass is 374 g/mol. The van der Waals surface area contributed by atoms with Gasteiger partial charge in [0.15, 0.2) is 5.65 Å². The fourth-order valence-corrected chi connectivity index (χ4v) is 3.30. The standard InChI is InChI=1S/C22H22N4O2/c27-19(12-11-17-7-3-1-4-8-17)15-25-16-23-21-20(22(25)28)13-24-26(21)14-18-9-5-2-6-10-18/h1-10,13,16,19,27H,11-12,14-15H2. The molecule has 0 amide bonds. The number of fused-ring (bicyclic) bond motifs is 1. The zero-order chi connectivity index (χ0) is 19.3. The van der Waals surface area contributed by atoms with Crippen LogP contribution in [0, 0.1) is 0 Å². The number of aliphatic hydroxyl groups is 1. The minimum absolute atomic E-state index is 0.178. The maximum atomic E-state index is 12.8. The highest BCUT2D eigenvalue weighted by molar-refractivity contribution is 5.72. The summed E-state index contributed by atoms with van der Waals surface area (Å²) < 4.78 is 3.19. The molecule has 2 heterocycles. The zero-order valence-corrected chi connectivity index (χ0v) is 15.5. The SMILES string of the molecule is O=c1c2cnn(Cc3ccccc3)c2ncn1CC(O)CCc1ccccc1. The molecule has 0 spiro atoms. The van der Waals surface area contributed by atoms with E-state index in [1.807, 2.05) is 60.7 Å². The number of aliphatic hydroxyl groups excluding tert-OH is 1. The van der Waals surface area contributed by atoms with Gasteiger partial charge in [-0.25, -0.2) is 9.67 Å². The molecule has 4 rings (SSSR count). The second kappa shape index (κ2) is 8.19. The minimum Gasteiger partial charge on any atom is -0.391 e. The van der Waals surface area contributed by atoms with Crippen LogP contribution in [0.5, 0.6) is 0 Å². The van der Waals surface area contributed by atoms with Crippen molar-refractivity contribution in [2.24, 2.45) is 0 Å². The molecule has 4 aromatic rings. The number of nitrogens with zero attached hydrogens (tertiary/aromatic N) is 4. The van der Waals surface area contributed by atoms with Crippen molar-refractivity contribution in [3.63, 3.8) is 0 Å². The third kappa shape index (κ3) is 4.02. The summed E-state index contributed by atoms with van der Waals surface area (Å²) >= 11 is 0. The van der Waals surface area contributed by atoms with Gasteiger partial charge in [-0.1, -0.05) is 60.7 Å². The average molecular weight is 374 g/mol. The molecule has 0 fully saturated rings. The molecule has 2 aromatic heterocycles. The highest BCUT2D eigenvalue weighted by Crippen LogP contribution is 2.10. The van der Waals surface area contributed by atoms with Crippen molar-refractivity contribution in [1.82, 2.24) is 19.3 Å². The Morgan fingerprint density at radius 3 is 2.36 bits per heavy atom. The van der Waals surface area contributed by atoms with Gasteiger partial charge >= 0.3 is 0 Å². The second-order valence-corrected chi connectivity index (χ2v) is 6.91. The van der Waals surface area contributed by atoms with Crippen molar-refractivity contribution in [1.29, 1.82) is 0 Å². The van der Waals surface area contributed by atoms with E-state index in [2.05, 4.69) is 10.1 Å². The summed E-state index contributed by atoms with van der Waals surface area (Å²) in [6, 6.07) is 19.9. The van der Waals surface area contributed by atoms with Gasteiger partial charge in [-0.3, -0.25) is 9.36 Å². The van der Waals surface area contributed by atoms with Crippen molar-refractivity contribution in [3.05, 3.63) is 94.7 Å². The Hall–Kier alpha value is -3.25. The first-order chi connectivity index (χ1) is 13.7. The molecule has 0 aliphatic heterocycles. The van der Waals surface area contributed by atoms with Crippen LogP contribution in [0.25, 0.3) is 11.0 Å². The average Bonchev–Trinajstić information content (AvgIpc) is 3.13. The molecule has 6 nitrogen and oxygen atoms in total. The van der Waals surface area contributed by atoms with E-state index in [1.165, 1.54) is 16.5 Å². The lowest BCUT2D eigenvalue weighted by atomic mass is 10.1. The number of aryl methyl sites for hydroxylation is 1. The summed E-state index contributed by atoms with van der Waals surface area (Å²) in [5.74, 6) is 0. The quantitative estimate of drug-likeness (QED) is 0.540. The van der Waals surface area contributed by atoms with Crippen molar-refractivity contribution in [3.8, 4) is 0 Å². The smallest absolute Gasteiger partial charge is 0.264 e. The zero-order valence-electron chi connectivity index (χ0n) is 15.5. The van der Waals surface area contributed by atoms with Crippen molar-refractivity contribution in [2.45, 2.75) is 32.0 Å². The van der Waals surface area contributed by atoms with Crippen LogP contribution in [0.4, 0.5) is 0 Å². The van der Waals surface area contributed by atoms with E-state index in [4.69, 9.17) is 0 Å². The summed E-state index contributed by atoms with van der Waals surface area (Å²) in [7, 11) is 0. The first kappa shape index (κ1) is 18.1. The van der Waals surface area contributed by atoms with Gasteiger partial charge in [0.1, 0.15) is 11.7 Å². The van der Waals surface area contributed by atoms with Crippen molar-refractivity contribution in [2.75, 3.05) is 0 Å². The summed E-state index contributed by atoms with van der Waals surface area (Å²) in [6.07, 6.45) is 3.79. The van der Waals surface area contributed by atoms with Crippen LogP contribution < -0.4 is 5.56 Å². The van der Waals surface area contributed by atoms with Crippen LogP contribution in [0.3, 0.4) is 0 Å². The van der Waals surface area contributed by atoms with Gasteiger partial charge in [0.2, 0.25) is 0 Å². The molecule has 0 saturated carbocycles. The molecule has 1 N–H and O–H groups in total. The summed E-state index contributed by atoms with van der Waals surface area (Å²) in [6.45, 7) is 0.777. The Kier molecular flexibility index (Phi) is 5.30. The molecule has 6 heteroatoms. The van der Waals surface area contributed by atoms with Crippen LogP contribution in [-0.2, 0) is 19.5 Å². The molecule has 0 aliphatic carbocycles. The van der Waals surface area contributed by atoms with E-state index >= 15 is 0 Å². The number of hydrogen-bond acceptors (Lipinski definition) is 4. The highest BCUT2D eigenvalue weighted by Gasteiger charge is 2.13. The predicted molar refractivity (Wildman–Crippen MR) is 108 cm³/mol. The molecule has 28 heavy (non-hydrogen) atoms. The lowest BCUT2D eigenvalue weighted by molar-refractivity contribution is 0.143. The van der Waals surface area contributed by atoms with E-state index < -0.39 is 6.10 Å². The van der Waals surface area contributed by atoms with Crippen LogP contribution in [0.15, 0.2) is 78.0 Å². The topological polar surface area (TPSA) is 72.9 Å². The van der Waals surface area contributed by atoms with E-state index in [-0.39, 0.29) is 12.1 Å². The van der Waals surface area contributed by atoms with Crippen molar-refractivity contribution < 1.29 is 5.11 Å². The van der Waals surface area contributed by atoms with Gasteiger partial charge in [0.25, 0.3) is 5.56 Å². The number of hydrogen-bond donors (Lipinski definition) is 1. The number of rotatable bonds is 7. The van der Waals surface area contributed by atoms with Gasteiger partial charge < -0.3 is 5.11 Å². The first-order valence-electron chi connectivity index (χ1n) is 9.37. The highest BCUT2D eigenvalue weighted by atomic mass is 16.3. The van der Waals surface area contributed by atoms with Crippen LogP contribution in [-0.4, -0.2) is 30.5 Å². The Morgan fingerprint density at radius 1 is 0.964 bits per heavy atom. The third-order valence-electron chi connectivity index (χ3n) is 4.81. The number of benzene rings is 2. The molecule has 1 atom stereocenters. The minimum atomic E-state index is -0.614. The predicted octanol–water partition coefficient (Wildman–Crippen LogP) is 2.64. The van der Waals surface area contributed by atoms with Gasteiger partial charge in [0, 0.05) is 0 Å². The Morgan fingerprint density at radius 2 is 1.64 bits per heavy atom. The van der Waals surface area contributed by atoms with E-state index in [0.717, 1.165) is 12.0 Å². The third-order valence-corrected chi connectivity index (χ3v) is 4.81. The Labute approximate surface area is 162 Å².